The molecule has 0 aliphatic heterocycles. The van der Waals surface area contributed by atoms with Crippen LogP contribution in [0.3, 0.4) is 0 Å². The molecule has 0 amide bonds. The maximum absolute atomic E-state index is 12.8. The maximum atomic E-state index is 12.8. The summed E-state index contributed by atoms with van der Waals surface area (Å²) in [5.74, 6) is 0.346. The molecule has 0 fully saturated rings. The van der Waals surface area contributed by atoms with E-state index in [1.807, 2.05) is 36.4 Å². The zero-order valence-corrected chi connectivity index (χ0v) is 13.3. The largest absolute Gasteiger partial charge is 0.436 e. The SMILES string of the molecule is O=C(c1ccccc1)c1ccccc1-c1nc2cc(Cl)ccc2o1. The summed E-state index contributed by atoms with van der Waals surface area (Å²) in [6.45, 7) is 0. The molecule has 0 saturated carbocycles. The summed E-state index contributed by atoms with van der Waals surface area (Å²) in [4.78, 5) is 17.3. The van der Waals surface area contributed by atoms with Crippen LogP contribution in [0.1, 0.15) is 15.9 Å². The maximum Gasteiger partial charge on any atom is 0.228 e. The minimum Gasteiger partial charge on any atom is -0.436 e. The second kappa shape index (κ2) is 5.95. The number of hydrogen-bond acceptors (Lipinski definition) is 3. The van der Waals surface area contributed by atoms with E-state index in [1.165, 1.54) is 0 Å². The fraction of sp³-hybridized carbons (Fsp3) is 0. The molecular weight excluding hydrogens is 322 g/mol. The number of aromatic nitrogens is 1. The molecule has 4 aromatic rings. The number of ketones is 1. The molecule has 0 spiro atoms. The average molecular weight is 334 g/mol. The highest BCUT2D eigenvalue weighted by Crippen LogP contribution is 2.29. The third-order valence-corrected chi connectivity index (χ3v) is 4.02. The Labute approximate surface area is 143 Å². The van der Waals surface area contributed by atoms with Crippen LogP contribution in [0.15, 0.2) is 77.2 Å². The van der Waals surface area contributed by atoms with E-state index in [-0.39, 0.29) is 5.78 Å². The summed E-state index contributed by atoms with van der Waals surface area (Å²) in [7, 11) is 0. The van der Waals surface area contributed by atoms with Crippen molar-refractivity contribution in [2.24, 2.45) is 0 Å². The minimum atomic E-state index is -0.0634. The van der Waals surface area contributed by atoms with Gasteiger partial charge in [0.15, 0.2) is 11.4 Å². The lowest BCUT2D eigenvalue weighted by molar-refractivity contribution is 0.103. The van der Waals surface area contributed by atoms with Crippen LogP contribution in [0.2, 0.25) is 5.02 Å². The summed E-state index contributed by atoms with van der Waals surface area (Å²) < 4.78 is 5.81. The molecule has 3 aromatic carbocycles. The molecular formula is C20H12ClNO2. The van der Waals surface area contributed by atoms with Crippen LogP contribution in [0.5, 0.6) is 0 Å². The van der Waals surface area contributed by atoms with E-state index in [2.05, 4.69) is 4.98 Å². The summed E-state index contributed by atoms with van der Waals surface area (Å²) in [6, 6.07) is 21.7. The number of nitrogens with zero attached hydrogens (tertiary/aromatic N) is 1. The number of fused-ring (bicyclic) bond motifs is 1. The second-order valence-corrected chi connectivity index (χ2v) is 5.81. The predicted molar refractivity (Wildman–Crippen MR) is 94.3 cm³/mol. The van der Waals surface area contributed by atoms with E-state index in [4.69, 9.17) is 16.0 Å². The highest BCUT2D eigenvalue weighted by Gasteiger charge is 2.18. The van der Waals surface area contributed by atoms with Gasteiger partial charge in [0.05, 0.1) is 0 Å². The van der Waals surface area contributed by atoms with Gasteiger partial charge in [-0.1, -0.05) is 60.1 Å². The molecule has 3 nitrogen and oxygen atoms in total. The molecule has 0 N–H and O–H groups in total. The highest BCUT2D eigenvalue weighted by molar-refractivity contribution is 6.31. The Morgan fingerprint density at radius 2 is 1.67 bits per heavy atom. The van der Waals surface area contributed by atoms with Gasteiger partial charge < -0.3 is 4.42 Å². The summed E-state index contributed by atoms with van der Waals surface area (Å²) in [5, 5.41) is 0.594. The number of carbonyl (C=O) groups excluding carboxylic acids is 1. The van der Waals surface area contributed by atoms with E-state index < -0.39 is 0 Å². The minimum absolute atomic E-state index is 0.0634. The second-order valence-electron chi connectivity index (χ2n) is 5.37. The van der Waals surface area contributed by atoms with Crippen molar-refractivity contribution < 1.29 is 9.21 Å². The summed E-state index contributed by atoms with van der Waals surface area (Å²) in [5.41, 5.74) is 3.15. The monoisotopic (exact) mass is 333 g/mol. The van der Waals surface area contributed by atoms with Gasteiger partial charge in [-0.25, -0.2) is 4.98 Å². The van der Waals surface area contributed by atoms with E-state index in [0.29, 0.717) is 38.7 Å². The van der Waals surface area contributed by atoms with E-state index >= 15 is 0 Å². The lowest BCUT2D eigenvalue weighted by Crippen LogP contribution is -2.03. The molecule has 0 atom stereocenters. The van der Waals surface area contributed by atoms with Gasteiger partial charge in [0.1, 0.15) is 5.52 Å². The number of oxazole rings is 1. The lowest BCUT2D eigenvalue weighted by Gasteiger charge is -2.05. The van der Waals surface area contributed by atoms with Gasteiger partial charge in [0.25, 0.3) is 0 Å². The van der Waals surface area contributed by atoms with Crippen molar-refractivity contribution in [2.45, 2.75) is 0 Å². The smallest absolute Gasteiger partial charge is 0.228 e. The molecule has 0 bridgehead atoms. The first-order valence-corrected chi connectivity index (χ1v) is 7.85. The molecule has 4 rings (SSSR count). The zero-order chi connectivity index (χ0) is 16.5. The average Bonchev–Trinajstić information content (AvgIpc) is 3.05. The van der Waals surface area contributed by atoms with Crippen LogP contribution in [0, 0.1) is 0 Å². The number of hydrogen-bond donors (Lipinski definition) is 0. The van der Waals surface area contributed by atoms with Crippen molar-refractivity contribution >= 4 is 28.5 Å². The molecule has 0 radical (unpaired) electrons. The fourth-order valence-corrected chi connectivity index (χ4v) is 2.79. The number of carbonyl (C=O) groups is 1. The van der Waals surface area contributed by atoms with Crippen LogP contribution in [0.4, 0.5) is 0 Å². The number of rotatable bonds is 3. The Hall–Kier alpha value is -2.91. The topological polar surface area (TPSA) is 43.1 Å². The van der Waals surface area contributed by atoms with Crippen LogP contribution in [0.25, 0.3) is 22.6 Å². The summed E-state index contributed by atoms with van der Waals surface area (Å²) >= 11 is 6.00. The van der Waals surface area contributed by atoms with E-state index in [9.17, 15) is 4.79 Å². The zero-order valence-electron chi connectivity index (χ0n) is 12.6. The third-order valence-electron chi connectivity index (χ3n) is 3.79. The number of halogens is 1. The molecule has 1 heterocycles. The van der Waals surface area contributed by atoms with Gasteiger partial charge in [-0.05, 0) is 24.3 Å². The van der Waals surface area contributed by atoms with E-state index in [0.717, 1.165) is 0 Å². The molecule has 0 unspecified atom stereocenters. The summed E-state index contributed by atoms with van der Waals surface area (Å²) in [6.07, 6.45) is 0. The Kier molecular flexibility index (Phi) is 3.63. The van der Waals surface area contributed by atoms with Gasteiger partial charge in [-0.15, -0.1) is 0 Å². The first-order chi connectivity index (χ1) is 11.7. The highest BCUT2D eigenvalue weighted by atomic mass is 35.5. The first-order valence-electron chi connectivity index (χ1n) is 7.47. The molecule has 4 heteroatoms. The van der Waals surface area contributed by atoms with E-state index in [1.54, 1.807) is 36.4 Å². The molecule has 1 aromatic heterocycles. The molecule has 0 saturated heterocycles. The standard InChI is InChI=1S/C20H12ClNO2/c21-14-10-11-18-17(12-14)22-20(24-18)16-9-5-4-8-15(16)19(23)13-6-2-1-3-7-13/h1-12H. The van der Waals surface area contributed by atoms with Gasteiger partial charge in [0.2, 0.25) is 5.89 Å². The lowest BCUT2D eigenvalue weighted by atomic mass is 9.98. The predicted octanol–water partition coefficient (Wildman–Crippen LogP) is 5.38. The van der Waals surface area contributed by atoms with Crippen LogP contribution in [-0.2, 0) is 0 Å². The van der Waals surface area contributed by atoms with Gasteiger partial charge in [-0.3, -0.25) is 4.79 Å². The fourth-order valence-electron chi connectivity index (χ4n) is 2.63. The van der Waals surface area contributed by atoms with Gasteiger partial charge in [0, 0.05) is 21.7 Å². The molecule has 24 heavy (non-hydrogen) atoms. The van der Waals surface area contributed by atoms with Crippen LogP contribution >= 0.6 is 11.6 Å². The van der Waals surface area contributed by atoms with Crippen molar-refractivity contribution in [1.82, 2.24) is 4.98 Å². The van der Waals surface area contributed by atoms with Crippen molar-refractivity contribution in [3.63, 3.8) is 0 Å². The quantitative estimate of drug-likeness (QED) is 0.473. The third kappa shape index (κ3) is 2.59. The van der Waals surface area contributed by atoms with Crippen molar-refractivity contribution in [3.05, 3.63) is 88.9 Å². The normalized spacial score (nSPS) is 10.9. The Morgan fingerprint density at radius 1 is 0.917 bits per heavy atom. The van der Waals surface area contributed by atoms with Gasteiger partial charge in [-0.2, -0.15) is 0 Å². The van der Waals surface area contributed by atoms with Crippen LogP contribution in [-0.4, -0.2) is 10.8 Å². The Bertz CT molecular complexity index is 1040. The Balaban J connectivity index is 1.85. The first kappa shape index (κ1) is 14.7. The molecule has 0 aliphatic rings. The van der Waals surface area contributed by atoms with Crippen molar-refractivity contribution in [1.29, 1.82) is 0 Å². The van der Waals surface area contributed by atoms with Crippen molar-refractivity contribution in [2.75, 3.05) is 0 Å². The van der Waals surface area contributed by atoms with Crippen molar-refractivity contribution in [3.8, 4) is 11.5 Å². The van der Waals surface area contributed by atoms with Gasteiger partial charge >= 0.3 is 0 Å². The number of benzene rings is 3. The Morgan fingerprint density at radius 3 is 2.50 bits per heavy atom. The molecule has 116 valence electrons. The molecule has 0 aliphatic carbocycles. The van der Waals surface area contributed by atoms with Crippen LogP contribution < -0.4 is 0 Å².